The molecule has 1 aromatic carbocycles. The van der Waals surface area contributed by atoms with E-state index in [0.717, 1.165) is 0 Å². The normalized spacial score (nSPS) is 8.84. The van der Waals surface area contributed by atoms with Gasteiger partial charge in [-0.05, 0) is 11.6 Å². The molecule has 8 heteroatoms. The topological polar surface area (TPSA) is 129 Å². The van der Waals surface area contributed by atoms with E-state index in [1.165, 1.54) is 18.2 Å². The SMILES string of the molecule is [N-]=[N+]=NCC#Cc1ccc(CC(=O)O)c([N+](=O)[O-])c1. The first-order chi connectivity index (χ1) is 9.04. The second-order valence-corrected chi connectivity index (χ2v) is 3.36. The molecule has 0 aliphatic heterocycles. The molecule has 0 radical (unpaired) electrons. The van der Waals surface area contributed by atoms with E-state index >= 15 is 0 Å². The fraction of sp³-hybridized carbons (Fsp3) is 0.182. The van der Waals surface area contributed by atoms with Crippen molar-refractivity contribution < 1.29 is 14.8 Å². The zero-order valence-electron chi connectivity index (χ0n) is 9.61. The van der Waals surface area contributed by atoms with Gasteiger partial charge in [-0.1, -0.05) is 23.0 Å². The summed E-state index contributed by atoms with van der Waals surface area (Å²) in [6.07, 6.45) is -0.428. The van der Waals surface area contributed by atoms with Gasteiger partial charge in [0.05, 0.1) is 17.9 Å². The fourth-order valence-electron chi connectivity index (χ4n) is 1.33. The van der Waals surface area contributed by atoms with Crippen LogP contribution in [0.5, 0.6) is 0 Å². The van der Waals surface area contributed by atoms with Crippen molar-refractivity contribution in [2.24, 2.45) is 5.11 Å². The van der Waals surface area contributed by atoms with E-state index in [1.54, 1.807) is 0 Å². The number of nitro groups is 1. The molecule has 0 saturated carbocycles. The number of nitrogens with zero attached hydrogens (tertiary/aromatic N) is 4. The summed E-state index contributed by atoms with van der Waals surface area (Å²) >= 11 is 0. The van der Waals surface area contributed by atoms with Crippen molar-refractivity contribution in [1.29, 1.82) is 0 Å². The molecule has 0 aliphatic rings. The lowest BCUT2D eigenvalue weighted by molar-refractivity contribution is -0.385. The number of benzene rings is 1. The largest absolute Gasteiger partial charge is 0.481 e. The monoisotopic (exact) mass is 260 g/mol. The molecule has 0 spiro atoms. The molecule has 1 aromatic rings. The maximum Gasteiger partial charge on any atom is 0.308 e. The van der Waals surface area contributed by atoms with E-state index < -0.39 is 17.3 Å². The van der Waals surface area contributed by atoms with Crippen LogP contribution in [0.1, 0.15) is 11.1 Å². The van der Waals surface area contributed by atoms with Gasteiger partial charge in [0.2, 0.25) is 0 Å². The van der Waals surface area contributed by atoms with Crippen LogP contribution in [-0.4, -0.2) is 22.5 Å². The molecular formula is C11H8N4O4. The minimum atomic E-state index is -1.15. The summed E-state index contributed by atoms with van der Waals surface area (Å²) in [5.41, 5.74) is 8.22. The summed E-state index contributed by atoms with van der Waals surface area (Å²) in [6.45, 7) is -0.0405. The number of carboxylic acids is 1. The van der Waals surface area contributed by atoms with Gasteiger partial charge in [-0.25, -0.2) is 0 Å². The molecule has 0 saturated heterocycles. The molecule has 0 aromatic heterocycles. The zero-order chi connectivity index (χ0) is 14.3. The summed E-state index contributed by atoms with van der Waals surface area (Å²) in [7, 11) is 0. The van der Waals surface area contributed by atoms with Gasteiger partial charge in [0.1, 0.15) is 0 Å². The Labute approximate surface area is 107 Å². The third-order valence-electron chi connectivity index (χ3n) is 2.07. The summed E-state index contributed by atoms with van der Waals surface area (Å²) < 4.78 is 0. The number of nitro benzene ring substituents is 1. The van der Waals surface area contributed by atoms with Crippen LogP contribution < -0.4 is 0 Å². The molecule has 0 fully saturated rings. The highest BCUT2D eigenvalue weighted by molar-refractivity contribution is 5.72. The Morgan fingerprint density at radius 1 is 1.58 bits per heavy atom. The van der Waals surface area contributed by atoms with Crippen molar-refractivity contribution in [3.63, 3.8) is 0 Å². The van der Waals surface area contributed by atoms with E-state index in [1.807, 2.05) is 0 Å². The van der Waals surface area contributed by atoms with Gasteiger partial charge >= 0.3 is 5.97 Å². The molecule has 0 heterocycles. The average Bonchev–Trinajstić information content (AvgIpc) is 2.35. The molecule has 0 atom stereocenters. The number of hydrogen-bond donors (Lipinski definition) is 1. The van der Waals surface area contributed by atoms with Crippen LogP contribution in [0.25, 0.3) is 10.4 Å². The van der Waals surface area contributed by atoms with E-state index in [2.05, 4.69) is 21.9 Å². The predicted molar refractivity (Wildman–Crippen MR) is 65.3 cm³/mol. The first-order valence-corrected chi connectivity index (χ1v) is 5.03. The van der Waals surface area contributed by atoms with Crippen LogP contribution in [0.3, 0.4) is 0 Å². The predicted octanol–water partition coefficient (Wildman–Crippen LogP) is 1.88. The number of hydrogen-bond acceptors (Lipinski definition) is 4. The van der Waals surface area contributed by atoms with Crippen molar-refractivity contribution in [2.75, 3.05) is 6.54 Å². The van der Waals surface area contributed by atoms with Crippen molar-refractivity contribution >= 4 is 11.7 Å². The highest BCUT2D eigenvalue weighted by Crippen LogP contribution is 2.20. The highest BCUT2D eigenvalue weighted by atomic mass is 16.6. The van der Waals surface area contributed by atoms with E-state index in [4.69, 9.17) is 10.6 Å². The maximum absolute atomic E-state index is 10.8. The van der Waals surface area contributed by atoms with E-state index in [9.17, 15) is 14.9 Å². The van der Waals surface area contributed by atoms with Gasteiger partial charge in [-0.2, -0.15) is 0 Å². The first-order valence-electron chi connectivity index (χ1n) is 5.03. The maximum atomic E-state index is 10.8. The number of rotatable bonds is 4. The van der Waals surface area contributed by atoms with E-state index in [0.29, 0.717) is 5.56 Å². The molecule has 0 bridgehead atoms. The molecule has 1 rings (SSSR count). The summed E-state index contributed by atoms with van der Waals surface area (Å²) in [5.74, 6) is 3.96. The molecule has 0 amide bonds. The van der Waals surface area contributed by atoms with Crippen LogP contribution in [-0.2, 0) is 11.2 Å². The summed E-state index contributed by atoms with van der Waals surface area (Å²) in [6, 6.07) is 4.03. The second-order valence-electron chi connectivity index (χ2n) is 3.36. The Morgan fingerprint density at radius 2 is 2.32 bits per heavy atom. The Morgan fingerprint density at radius 3 is 2.89 bits per heavy atom. The van der Waals surface area contributed by atoms with Crippen molar-refractivity contribution in [3.05, 3.63) is 49.9 Å². The Balaban J connectivity index is 3.07. The lowest BCUT2D eigenvalue weighted by atomic mass is 10.1. The lowest BCUT2D eigenvalue weighted by Gasteiger charge is -2.00. The molecule has 19 heavy (non-hydrogen) atoms. The van der Waals surface area contributed by atoms with Crippen LogP contribution in [0, 0.1) is 22.0 Å². The second kappa shape index (κ2) is 6.64. The lowest BCUT2D eigenvalue weighted by Crippen LogP contribution is -2.04. The number of azide groups is 1. The molecule has 8 nitrogen and oxygen atoms in total. The van der Waals surface area contributed by atoms with Crippen LogP contribution in [0.4, 0.5) is 5.69 Å². The zero-order valence-corrected chi connectivity index (χ0v) is 9.61. The third-order valence-corrected chi connectivity index (χ3v) is 2.07. The minimum absolute atomic E-state index is 0.0405. The van der Waals surface area contributed by atoms with E-state index in [-0.39, 0.29) is 17.8 Å². The van der Waals surface area contributed by atoms with Gasteiger partial charge in [-0.15, -0.1) is 0 Å². The smallest absolute Gasteiger partial charge is 0.308 e. The standard InChI is InChI=1S/C11H8N4O4/c12-14-13-5-1-2-8-3-4-9(7-11(16)17)10(6-8)15(18)19/h3-4,6H,5,7H2,(H,16,17). The highest BCUT2D eigenvalue weighted by Gasteiger charge is 2.16. The first kappa shape index (κ1) is 14.0. The van der Waals surface area contributed by atoms with Gasteiger partial charge in [0.15, 0.2) is 0 Å². The Hall–Kier alpha value is -3.04. The van der Waals surface area contributed by atoms with Gasteiger partial charge in [-0.3, -0.25) is 14.9 Å². The average molecular weight is 260 g/mol. The molecular weight excluding hydrogens is 252 g/mol. The van der Waals surface area contributed by atoms with Crippen molar-refractivity contribution in [1.82, 2.24) is 0 Å². The minimum Gasteiger partial charge on any atom is -0.481 e. The Bertz CT molecular complexity index is 623. The number of carboxylic acid groups (broad SMARTS) is 1. The molecule has 0 aliphatic carbocycles. The van der Waals surface area contributed by atoms with Crippen molar-refractivity contribution in [2.45, 2.75) is 6.42 Å². The van der Waals surface area contributed by atoms with Crippen LogP contribution >= 0.6 is 0 Å². The number of carbonyl (C=O) groups is 1. The molecule has 1 N–H and O–H groups in total. The molecule has 0 unspecified atom stereocenters. The number of aliphatic carboxylic acids is 1. The quantitative estimate of drug-likeness (QED) is 0.221. The van der Waals surface area contributed by atoms with Gasteiger partial charge in [0.25, 0.3) is 5.69 Å². The van der Waals surface area contributed by atoms with Crippen LogP contribution in [0.2, 0.25) is 0 Å². The van der Waals surface area contributed by atoms with Gasteiger partial charge in [0, 0.05) is 22.1 Å². The molecule has 96 valence electrons. The third kappa shape index (κ3) is 4.38. The summed E-state index contributed by atoms with van der Waals surface area (Å²) in [4.78, 5) is 23.3. The van der Waals surface area contributed by atoms with Gasteiger partial charge < -0.3 is 5.11 Å². The Kier molecular flexibility index (Phi) is 4.90. The van der Waals surface area contributed by atoms with Crippen molar-refractivity contribution in [3.8, 4) is 11.8 Å². The summed E-state index contributed by atoms with van der Waals surface area (Å²) in [5, 5.41) is 22.7. The van der Waals surface area contributed by atoms with Crippen LogP contribution in [0.15, 0.2) is 23.3 Å². The fourth-order valence-corrected chi connectivity index (χ4v) is 1.33.